The Kier molecular flexibility index (Phi) is 3.90. The Bertz CT molecular complexity index is 765. The molecule has 112 valence electrons. The zero-order valence-electron chi connectivity index (χ0n) is 11.9. The van der Waals surface area contributed by atoms with Gasteiger partial charge in [0, 0.05) is 31.1 Å². The van der Waals surface area contributed by atoms with Crippen molar-refractivity contribution in [3.8, 4) is 11.5 Å². The number of aromatic amines is 1. The molecular formula is C14H14N6O2. The lowest BCUT2D eigenvalue weighted by Gasteiger charge is -1.99. The van der Waals surface area contributed by atoms with Gasteiger partial charge in [0.1, 0.15) is 5.69 Å². The monoisotopic (exact) mass is 298 g/mol. The highest BCUT2D eigenvalue weighted by atomic mass is 16.5. The lowest BCUT2D eigenvalue weighted by Crippen LogP contribution is -2.26. The van der Waals surface area contributed by atoms with E-state index in [0.29, 0.717) is 30.4 Å². The van der Waals surface area contributed by atoms with Gasteiger partial charge in [0.05, 0.1) is 5.56 Å². The molecule has 8 heteroatoms. The van der Waals surface area contributed by atoms with E-state index in [1.165, 1.54) is 0 Å². The highest BCUT2D eigenvalue weighted by molar-refractivity contribution is 5.92. The molecule has 22 heavy (non-hydrogen) atoms. The number of hydrogen-bond acceptors (Lipinski definition) is 6. The van der Waals surface area contributed by atoms with E-state index in [-0.39, 0.29) is 5.91 Å². The SMILES string of the molecule is Cc1cc(C(=O)NCCc2noc(-c3cccnc3)n2)n[nH]1. The van der Waals surface area contributed by atoms with E-state index in [1.54, 1.807) is 24.5 Å². The molecule has 3 rings (SSSR count). The molecule has 0 radical (unpaired) electrons. The van der Waals surface area contributed by atoms with Crippen molar-refractivity contribution in [3.05, 3.63) is 47.8 Å². The number of nitrogens with zero attached hydrogens (tertiary/aromatic N) is 4. The van der Waals surface area contributed by atoms with Crippen LogP contribution in [0.3, 0.4) is 0 Å². The Morgan fingerprint density at radius 3 is 3.09 bits per heavy atom. The highest BCUT2D eigenvalue weighted by Gasteiger charge is 2.11. The van der Waals surface area contributed by atoms with Gasteiger partial charge in [0.2, 0.25) is 0 Å². The van der Waals surface area contributed by atoms with Crippen molar-refractivity contribution in [1.82, 2.24) is 30.6 Å². The maximum atomic E-state index is 11.8. The Hall–Kier alpha value is -3.03. The van der Waals surface area contributed by atoms with Crippen molar-refractivity contribution in [2.75, 3.05) is 6.54 Å². The molecule has 3 aromatic heterocycles. The van der Waals surface area contributed by atoms with E-state index < -0.39 is 0 Å². The predicted molar refractivity (Wildman–Crippen MR) is 76.9 cm³/mol. The molecule has 1 amide bonds. The number of carbonyl (C=O) groups is 1. The van der Waals surface area contributed by atoms with Crippen molar-refractivity contribution in [3.63, 3.8) is 0 Å². The number of rotatable bonds is 5. The molecule has 8 nitrogen and oxygen atoms in total. The quantitative estimate of drug-likeness (QED) is 0.731. The summed E-state index contributed by atoms with van der Waals surface area (Å²) in [6.07, 6.45) is 3.80. The molecule has 0 aliphatic carbocycles. The van der Waals surface area contributed by atoms with E-state index in [9.17, 15) is 4.79 Å². The molecule has 0 saturated heterocycles. The molecule has 0 bridgehead atoms. The van der Waals surface area contributed by atoms with Gasteiger partial charge in [-0.25, -0.2) is 0 Å². The first-order valence-electron chi connectivity index (χ1n) is 6.75. The number of nitrogens with one attached hydrogen (secondary N) is 2. The topological polar surface area (TPSA) is 110 Å². The van der Waals surface area contributed by atoms with Crippen LogP contribution >= 0.6 is 0 Å². The third-order valence-corrected chi connectivity index (χ3v) is 2.95. The van der Waals surface area contributed by atoms with Crippen molar-refractivity contribution in [1.29, 1.82) is 0 Å². The first-order valence-corrected chi connectivity index (χ1v) is 6.75. The van der Waals surface area contributed by atoms with Crippen molar-refractivity contribution < 1.29 is 9.32 Å². The molecule has 0 unspecified atom stereocenters. The first kappa shape index (κ1) is 13.9. The number of amides is 1. The molecule has 0 atom stereocenters. The Labute approximate surface area is 126 Å². The summed E-state index contributed by atoms with van der Waals surface area (Å²) in [7, 11) is 0. The normalized spacial score (nSPS) is 10.6. The van der Waals surface area contributed by atoms with Gasteiger partial charge in [0.15, 0.2) is 5.82 Å². The van der Waals surface area contributed by atoms with Crippen LogP contribution in [0.1, 0.15) is 22.0 Å². The fourth-order valence-electron chi connectivity index (χ4n) is 1.87. The Morgan fingerprint density at radius 1 is 1.45 bits per heavy atom. The number of carbonyl (C=O) groups excluding carboxylic acids is 1. The van der Waals surface area contributed by atoms with Gasteiger partial charge in [-0.05, 0) is 25.1 Å². The second-order valence-electron chi connectivity index (χ2n) is 4.70. The van der Waals surface area contributed by atoms with Crippen molar-refractivity contribution >= 4 is 5.91 Å². The average molecular weight is 298 g/mol. The third-order valence-electron chi connectivity index (χ3n) is 2.95. The zero-order valence-corrected chi connectivity index (χ0v) is 11.9. The largest absolute Gasteiger partial charge is 0.350 e. The lowest BCUT2D eigenvalue weighted by atomic mass is 10.3. The maximum absolute atomic E-state index is 11.8. The van der Waals surface area contributed by atoms with Gasteiger partial charge in [-0.15, -0.1) is 0 Å². The number of hydrogen-bond donors (Lipinski definition) is 2. The van der Waals surface area contributed by atoms with Gasteiger partial charge in [-0.1, -0.05) is 5.16 Å². The summed E-state index contributed by atoms with van der Waals surface area (Å²) in [5, 5.41) is 13.2. The summed E-state index contributed by atoms with van der Waals surface area (Å²) >= 11 is 0. The molecule has 0 aliphatic rings. The minimum Gasteiger partial charge on any atom is -0.350 e. The smallest absolute Gasteiger partial charge is 0.271 e. The molecule has 0 aromatic carbocycles. The summed E-state index contributed by atoms with van der Waals surface area (Å²) in [4.78, 5) is 20.1. The number of aromatic nitrogens is 5. The van der Waals surface area contributed by atoms with Crippen LogP contribution in [0.25, 0.3) is 11.5 Å². The van der Waals surface area contributed by atoms with Gasteiger partial charge in [-0.2, -0.15) is 10.1 Å². The fourth-order valence-corrected chi connectivity index (χ4v) is 1.87. The molecule has 0 fully saturated rings. The second-order valence-corrected chi connectivity index (χ2v) is 4.70. The van der Waals surface area contributed by atoms with Gasteiger partial charge in [0.25, 0.3) is 11.8 Å². The second kappa shape index (κ2) is 6.17. The van der Waals surface area contributed by atoms with E-state index >= 15 is 0 Å². The van der Waals surface area contributed by atoms with Crippen molar-refractivity contribution in [2.45, 2.75) is 13.3 Å². The minimum atomic E-state index is -0.236. The molecule has 0 spiro atoms. The molecule has 3 heterocycles. The molecular weight excluding hydrogens is 284 g/mol. The average Bonchev–Trinajstić information content (AvgIpc) is 3.17. The van der Waals surface area contributed by atoms with Gasteiger partial charge in [-0.3, -0.25) is 14.9 Å². The first-order chi connectivity index (χ1) is 10.7. The van der Waals surface area contributed by atoms with E-state index in [1.807, 2.05) is 13.0 Å². The van der Waals surface area contributed by atoms with Crippen LogP contribution in [0.2, 0.25) is 0 Å². The summed E-state index contributed by atoms with van der Waals surface area (Å²) in [5.41, 5.74) is 1.96. The Balaban J connectivity index is 1.54. The van der Waals surface area contributed by atoms with E-state index in [4.69, 9.17) is 4.52 Å². The standard InChI is InChI=1S/C14H14N6O2/c1-9-7-11(19-18-9)13(21)16-6-4-12-17-14(22-20-12)10-3-2-5-15-8-10/h2-3,5,7-8H,4,6H2,1H3,(H,16,21)(H,18,19). The molecule has 0 saturated carbocycles. The van der Waals surface area contributed by atoms with Gasteiger partial charge < -0.3 is 9.84 Å². The summed E-state index contributed by atoms with van der Waals surface area (Å²) in [6, 6.07) is 5.32. The third kappa shape index (κ3) is 3.17. The maximum Gasteiger partial charge on any atom is 0.271 e. The van der Waals surface area contributed by atoms with Gasteiger partial charge >= 0.3 is 0 Å². The summed E-state index contributed by atoms with van der Waals surface area (Å²) < 4.78 is 5.17. The molecule has 2 N–H and O–H groups in total. The van der Waals surface area contributed by atoms with Crippen LogP contribution in [0.15, 0.2) is 35.1 Å². The van der Waals surface area contributed by atoms with Crippen LogP contribution in [0.5, 0.6) is 0 Å². The van der Waals surface area contributed by atoms with E-state index in [0.717, 1.165) is 11.3 Å². The highest BCUT2D eigenvalue weighted by Crippen LogP contribution is 2.14. The number of pyridine rings is 1. The zero-order chi connectivity index (χ0) is 15.4. The van der Waals surface area contributed by atoms with Crippen LogP contribution in [-0.2, 0) is 6.42 Å². The van der Waals surface area contributed by atoms with E-state index in [2.05, 4.69) is 30.6 Å². The van der Waals surface area contributed by atoms with Crippen LogP contribution in [0.4, 0.5) is 0 Å². The predicted octanol–water partition coefficient (Wildman–Crippen LogP) is 1.14. The number of H-pyrrole nitrogens is 1. The Morgan fingerprint density at radius 2 is 2.36 bits per heavy atom. The van der Waals surface area contributed by atoms with Crippen LogP contribution in [-0.4, -0.2) is 37.8 Å². The van der Waals surface area contributed by atoms with Crippen LogP contribution in [0, 0.1) is 6.92 Å². The van der Waals surface area contributed by atoms with Crippen LogP contribution < -0.4 is 5.32 Å². The molecule has 0 aliphatic heterocycles. The molecule has 3 aromatic rings. The fraction of sp³-hybridized carbons (Fsp3) is 0.214. The van der Waals surface area contributed by atoms with Crippen molar-refractivity contribution in [2.24, 2.45) is 0 Å². The lowest BCUT2D eigenvalue weighted by molar-refractivity contribution is 0.0949. The summed E-state index contributed by atoms with van der Waals surface area (Å²) in [6.45, 7) is 2.24. The minimum absolute atomic E-state index is 0.236. The number of aryl methyl sites for hydroxylation is 1. The summed E-state index contributed by atoms with van der Waals surface area (Å²) in [5.74, 6) is 0.704.